The zero-order valence-electron chi connectivity index (χ0n) is 9.65. The van der Waals surface area contributed by atoms with Crippen molar-refractivity contribution in [2.75, 3.05) is 5.32 Å². The fourth-order valence-electron chi connectivity index (χ4n) is 1.21. The Morgan fingerprint density at radius 3 is 2.29 bits per heavy atom. The molecule has 4 N–H and O–H groups in total. The highest BCUT2D eigenvalue weighted by atomic mass is 16.2. The Bertz CT molecular complexity index is 433. The second-order valence-corrected chi connectivity index (χ2v) is 3.16. The van der Waals surface area contributed by atoms with Crippen molar-refractivity contribution in [1.82, 2.24) is 20.6 Å². The van der Waals surface area contributed by atoms with Gasteiger partial charge in [0.2, 0.25) is 5.95 Å². The number of amides is 2. The highest BCUT2D eigenvalue weighted by Gasteiger charge is 2.14. The fourth-order valence-corrected chi connectivity index (χ4v) is 1.21. The summed E-state index contributed by atoms with van der Waals surface area (Å²) in [5, 5.41) is 9.82. The Kier molecular flexibility index (Phi) is 4.46. The molecule has 17 heavy (non-hydrogen) atoms. The molecule has 0 aromatic carbocycles. The van der Waals surface area contributed by atoms with E-state index in [2.05, 4.69) is 20.5 Å². The largest absolute Gasteiger partial charge is 0.323 e. The van der Waals surface area contributed by atoms with E-state index in [4.69, 9.17) is 5.84 Å². The summed E-state index contributed by atoms with van der Waals surface area (Å²) >= 11 is 0. The predicted octanol–water partition coefficient (Wildman–Crippen LogP) is -1.08. The van der Waals surface area contributed by atoms with Crippen LogP contribution in [-0.4, -0.2) is 27.0 Å². The van der Waals surface area contributed by atoms with Crippen molar-refractivity contribution >= 4 is 17.8 Å². The van der Waals surface area contributed by atoms with Crippen molar-refractivity contribution in [2.45, 2.75) is 26.7 Å². The number of anilines is 1. The van der Waals surface area contributed by atoms with E-state index < -0.39 is 11.8 Å². The Hall–Kier alpha value is -2.09. The van der Waals surface area contributed by atoms with Crippen molar-refractivity contribution in [3.8, 4) is 0 Å². The summed E-state index contributed by atoms with van der Waals surface area (Å²) in [6, 6.07) is 0. The minimum atomic E-state index is -0.966. The van der Waals surface area contributed by atoms with Crippen LogP contribution in [0.15, 0.2) is 0 Å². The van der Waals surface area contributed by atoms with Gasteiger partial charge in [-0.05, 0) is 12.8 Å². The van der Waals surface area contributed by atoms with Gasteiger partial charge in [0.1, 0.15) is 0 Å². The predicted molar refractivity (Wildman–Crippen MR) is 59.5 cm³/mol. The van der Waals surface area contributed by atoms with E-state index >= 15 is 0 Å². The number of aryl methyl sites for hydroxylation is 2. The molecule has 1 aromatic heterocycles. The van der Waals surface area contributed by atoms with Crippen molar-refractivity contribution in [1.29, 1.82) is 0 Å². The van der Waals surface area contributed by atoms with Crippen LogP contribution < -0.4 is 16.6 Å². The fraction of sp³-hybridized carbons (Fsp3) is 0.444. The van der Waals surface area contributed by atoms with E-state index in [-0.39, 0.29) is 5.95 Å². The molecule has 0 aliphatic rings. The third kappa shape index (κ3) is 3.18. The molecule has 0 saturated heterocycles. The first-order chi connectivity index (χ1) is 8.12. The van der Waals surface area contributed by atoms with Gasteiger partial charge in [0, 0.05) is 0 Å². The number of hydrogen-bond donors (Lipinski definition) is 3. The quantitative estimate of drug-likeness (QED) is 0.266. The van der Waals surface area contributed by atoms with E-state index in [9.17, 15) is 9.59 Å². The Morgan fingerprint density at radius 2 is 1.76 bits per heavy atom. The van der Waals surface area contributed by atoms with E-state index in [1.165, 1.54) is 0 Å². The molecule has 0 atom stereocenters. The Morgan fingerprint density at radius 1 is 1.12 bits per heavy atom. The molecular weight excluding hydrogens is 224 g/mol. The second kappa shape index (κ2) is 5.85. The molecule has 8 nitrogen and oxygen atoms in total. The lowest BCUT2D eigenvalue weighted by Gasteiger charge is -2.06. The van der Waals surface area contributed by atoms with Gasteiger partial charge in [-0.3, -0.25) is 20.3 Å². The number of aromatic nitrogens is 3. The molecule has 0 radical (unpaired) electrons. The van der Waals surface area contributed by atoms with Crippen LogP contribution in [0.5, 0.6) is 0 Å². The number of nitrogens with two attached hydrogens (primary N) is 1. The first-order valence-corrected chi connectivity index (χ1v) is 5.16. The summed E-state index contributed by atoms with van der Waals surface area (Å²) in [5.74, 6) is 2.91. The molecule has 0 bridgehead atoms. The van der Waals surface area contributed by atoms with Gasteiger partial charge in [0.15, 0.2) is 0 Å². The summed E-state index contributed by atoms with van der Waals surface area (Å²) in [6.07, 6.45) is 1.38. The van der Waals surface area contributed by atoms with Crippen LogP contribution in [0.3, 0.4) is 0 Å². The average molecular weight is 238 g/mol. The summed E-state index contributed by atoms with van der Waals surface area (Å²) < 4.78 is 0. The Balaban J connectivity index is 2.86. The van der Waals surface area contributed by atoms with Crippen LogP contribution in [0.4, 0.5) is 5.95 Å². The van der Waals surface area contributed by atoms with Crippen LogP contribution in [0.1, 0.15) is 25.2 Å². The number of carbonyl (C=O) groups excluding carboxylic acids is 2. The molecule has 1 aromatic rings. The lowest BCUT2D eigenvalue weighted by molar-refractivity contribution is -0.136. The molecule has 92 valence electrons. The van der Waals surface area contributed by atoms with Gasteiger partial charge in [-0.15, -0.1) is 10.2 Å². The van der Waals surface area contributed by atoms with Crippen LogP contribution >= 0.6 is 0 Å². The summed E-state index contributed by atoms with van der Waals surface area (Å²) in [7, 11) is 0. The topological polar surface area (TPSA) is 123 Å². The molecule has 0 fully saturated rings. The number of hydrogen-bond acceptors (Lipinski definition) is 6. The van der Waals surface area contributed by atoms with E-state index in [1.54, 1.807) is 5.43 Å². The summed E-state index contributed by atoms with van der Waals surface area (Å²) in [6.45, 7) is 3.85. The molecule has 2 amide bonds. The molecule has 0 unspecified atom stereocenters. The third-order valence-corrected chi connectivity index (χ3v) is 2.07. The summed E-state index contributed by atoms with van der Waals surface area (Å²) in [4.78, 5) is 26.1. The molecule has 1 heterocycles. The molecule has 0 aliphatic heterocycles. The van der Waals surface area contributed by atoms with E-state index in [0.717, 1.165) is 11.4 Å². The lowest BCUT2D eigenvalue weighted by Crippen LogP contribution is -2.40. The van der Waals surface area contributed by atoms with E-state index in [1.807, 2.05) is 13.8 Å². The van der Waals surface area contributed by atoms with Gasteiger partial charge >= 0.3 is 11.8 Å². The number of nitrogens with one attached hydrogen (secondary N) is 2. The summed E-state index contributed by atoms with van der Waals surface area (Å²) in [5.41, 5.74) is 3.22. The SMILES string of the molecule is CCc1nnc(NC(=O)C(=O)NN)nc1CC. The van der Waals surface area contributed by atoms with Gasteiger partial charge in [0.25, 0.3) is 0 Å². The van der Waals surface area contributed by atoms with Crippen molar-refractivity contribution < 1.29 is 9.59 Å². The van der Waals surface area contributed by atoms with Gasteiger partial charge in [0.05, 0.1) is 11.4 Å². The Labute approximate surface area is 98.0 Å². The van der Waals surface area contributed by atoms with Gasteiger partial charge in [-0.25, -0.2) is 10.8 Å². The van der Waals surface area contributed by atoms with Crippen LogP contribution in [0.2, 0.25) is 0 Å². The lowest BCUT2D eigenvalue weighted by atomic mass is 10.2. The van der Waals surface area contributed by atoms with Crippen molar-refractivity contribution in [2.24, 2.45) is 5.84 Å². The minimum absolute atomic E-state index is 0.00681. The molecule has 0 spiro atoms. The zero-order chi connectivity index (χ0) is 12.8. The maximum Gasteiger partial charge on any atom is 0.323 e. The number of carbonyl (C=O) groups is 2. The average Bonchev–Trinajstić information content (AvgIpc) is 2.37. The zero-order valence-corrected chi connectivity index (χ0v) is 9.65. The number of nitrogens with zero attached hydrogens (tertiary/aromatic N) is 3. The first kappa shape index (κ1) is 13.0. The second-order valence-electron chi connectivity index (χ2n) is 3.16. The van der Waals surface area contributed by atoms with Gasteiger partial charge in [-0.1, -0.05) is 13.8 Å². The maximum absolute atomic E-state index is 11.2. The molecule has 1 rings (SSSR count). The van der Waals surface area contributed by atoms with Crippen molar-refractivity contribution in [3.05, 3.63) is 11.4 Å². The molecular formula is C9H14N6O2. The monoisotopic (exact) mass is 238 g/mol. The van der Waals surface area contributed by atoms with Crippen LogP contribution in [-0.2, 0) is 22.4 Å². The number of hydrazine groups is 1. The van der Waals surface area contributed by atoms with Gasteiger partial charge in [-0.2, -0.15) is 0 Å². The third-order valence-electron chi connectivity index (χ3n) is 2.07. The minimum Gasteiger partial charge on any atom is -0.286 e. The van der Waals surface area contributed by atoms with Crippen molar-refractivity contribution in [3.63, 3.8) is 0 Å². The molecule has 0 aliphatic carbocycles. The smallest absolute Gasteiger partial charge is 0.286 e. The molecule has 8 heteroatoms. The van der Waals surface area contributed by atoms with Crippen LogP contribution in [0, 0.1) is 0 Å². The highest BCUT2D eigenvalue weighted by molar-refractivity contribution is 6.39. The van der Waals surface area contributed by atoms with Crippen LogP contribution in [0.25, 0.3) is 0 Å². The van der Waals surface area contributed by atoms with Gasteiger partial charge < -0.3 is 0 Å². The maximum atomic E-state index is 11.2. The van der Waals surface area contributed by atoms with E-state index in [0.29, 0.717) is 12.8 Å². The number of rotatable bonds is 3. The molecule has 0 saturated carbocycles. The standard InChI is InChI=1S/C9H14N6O2/c1-3-5-6(4-2)14-15-9(11-5)12-7(16)8(17)13-10/h3-4,10H2,1-2H3,(H,13,17)(H,11,12,15,16). The highest BCUT2D eigenvalue weighted by Crippen LogP contribution is 2.06. The first-order valence-electron chi connectivity index (χ1n) is 5.16. The normalized spacial score (nSPS) is 9.82.